The van der Waals surface area contributed by atoms with E-state index in [0.717, 1.165) is 11.1 Å². The van der Waals surface area contributed by atoms with E-state index in [0.29, 0.717) is 22.3 Å². The first kappa shape index (κ1) is 14.4. The fourth-order valence-corrected chi connectivity index (χ4v) is 2.24. The topological polar surface area (TPSA) is 60.5 Å². The number of nitrogens with zero attached hydrogens (tertiary/aromatic N) is 1. The number of benzene rings is 1. The number of pyridine rings is 1. The minimum absolute atomic E-state index is 0.155. The molecule has 6 heteroatoms. The SMILES string of the molecule is Cc1ccc(NC(=O)/C=C/c2cc(Cl)c3c(c2)OCO3)nc1. The van der Waals surface area contributed by atoms with Crippen LogP contribution < -0.4 is 14.8 Å². The van der Waals surface area contributed by atoms with Gasteiger partial charge in [-0.25, -0.2) is 4.98 Å². The predicted molar refractivity (Wildman–Crippen MR) is 84.2 cm³/mol. The zero-order valence-electron chi connectivity index (χ0n) is 11.8. The number of nitrogens with one attached hydrogen (secondary N) is 1. The van der Waals surface area contributed by atoms with Crippen molar-refractivity contribution in [1.82, 2.24) is 4.98 Å². The van der Waals surface area contributed by atoms with Gasteiger partial charge in [0.25, 0.3) is 0 Å². The van der Waals surface area contributed by atoms with Crippen LogP contribution in [-0.2, 0) is 4.79 Å². The Bertz CT molecular complexity index is 742. The Morgan fingerprint density at radius 3 is 3.00 bits per heavy atom. The van der Waals surface area contributed by atoms with Crippen molar-refractivity contribution >= 4 is 29.4 Å². The van der Waals surface area contributed by atoms with Crippen molar-refractivity contribution in [2.45, 2.75) is 6.92 Å². The van der Waals surface area contributed by atoms with Crippen molar-refractivity contribution in [3.63, 3.8) is 0 Å². The number of rotatable bonds is 3. The number of halogens is 1. The van der Waals surface area contributed by atoms with Crippen molar-refractivity contribution < 1.29 is 14.3 Å². The number of hydrogen-bond donors (Lipinski definition) is 1. The first-order chi connectivity index (χ1) is 10.6. The average molecular weight is 317 g/mol. The summed E-state index contributed by atoms with van der Waals surface area (Å²) in [6.07, 6.45) is 4.75. The maximum absolute atomic E-state index is 11.9. The van der Waals surface area contributed by atoms with Gasteiger partial charge >= 0.3 is 0 Å². The average Bonchev–Trinajstić information content (AvgIpc) is 2.97. The molecule has 0 saturated heterocycles. The maximum atomic E-state index is 11.9. The van der Waals surface area contributed by atoms with Crippen LogP contribution in [0.3, 0.4) is 0 Å². The van der Waals surface area contributed by atoms with Crippen molar-refractivity contribution in [2.75, 3.05) is 12.1 Å². The van der Waals surface area contributed by atoms with Crippen LogP contribution in [0.4, 0.5) is 5.82 Å². The normalized spacial score (nSPS) is 12.6. The zero-order chi connectivity index (χ0) is 15.5. The van der Waals surface area contributed by atoms with Gasteiger partial charge in [0.2, 0.25) is 12.7 Å². The van der Waals surface area contributed by atoms with Crippen molar-refractivity contribution in [3.05, 3.63) is 52.7 Å². The third-order valence-electron chi connectivity index (χ3n) is 3.04. The lowest BCUT2D eigenvalue weighted by atomic mass is 10.2. The molecule has 1 aliphatic heterocycles. The van der Waals surface area contributed by atoms with Crippen LogP contribution in [0.2, 0.25) is 5.02 Å². The minimum Gasteiger partial charge on any atom is -0.454 e. The Kier molecular flexibility index (Phi) is 3.98. The fraction of sp³-hybridized carbons (Fsp3) is 0.125. The third-order valence-corrected chi connectivity index (χ3v) is 3.32. The predicted octanol–water partition coefficient (Wildman–Crippen LogP) is 3.42. The molecule has 0 unspecified atom stereocenters. The molecule has 1 aromatic carbocycles. The van der Waals surface area contributed by atoms with Crippen molar-refractivity contribution in [1.29, 1.82) is 0 Å². The molecule has 0 aliphatic carbocycles. The molecule has 5 nitrogen and oxygen atoms in total. The highest BCUT2D eigenvalue weighted by Gasteiger charge is 2.17. The lowest BCUT2D eigenvalue weighted by Crippen LogP contribution is -2.08. The van der Waals surface area contributed by atoms with Crippen LogP contribution >= 0.6 is 11.6 Å². The third kappa shape index (κ3) is 3.20. The van der Waals surface area contributed by atoms with Gasteiger partial charge in [-0.15, -0.1) is 0 Å². The van der Waals surface area contributed by atoms with E-state index in [9.17, 15) is 4.79 Å². The molecule has 1 N–H and O–H groups in total. The Labute approximate surface area is 132 Å². The summed E-state index contributed by atoms with van der Waals surface area (Å²) in [6.45, 7) is 2.09. The molecular weight excluding hydrogens is 304 g/mol. The molecular formula is C16H13ClN2O3. The van der Waals surface area contributed by atoms with Gasteiger partial charge in [-0.2, -0.15) is 0 Å². The Balaban J connectivity index is 1.70. The lowest BCUT2D eigenvalue weighted by Gasteiger charge is -2.02. The molecule has 0 fully saturated rings. The van der Waals surface area contributed by atoms with Gasteiger partial charge in [0.05, 0.1) is 5.02 Å². The Morgan fingerprint density at radius 1 is 1.36 bits per heavy atom. The summed E-state index contributed by atoms with van der Waals surface area (Å²) in [4.78, 5) is 16.0. The molecule has 3 rings (SSSR count). The van der Waals surface area contributed by atoms with E-state index >= 15 is 0 Å². The number of fused-ring (bicyclic) bond motifs is 1. The molecule has 2 heterocycles. The molecule has 0 spiro atoms. The molecule has 0 bridgehead atoms. The smallest absolute Gasteiger partial charge is 0.249 e. The van der Waals surface area contributed by atoms with Crippen LogP contribution in [0.1, 0.15) is 11.1 Å². The minimum atomic E-state index is -0.273. The van der Waals surface area contributed by atoms with Gasteiger partial charge in [-0.1, -0.05) is 17.7 Å². The van der Waals surface area contributed by atoms with Crippen LogP contribution in [0.25, 0.3) is 6.08 Å². The van der Waals surface area contributed by atoms with Gasteiger partial charge in [0, 0.05) is 12.3 Å². The molecule has 1 aliphatic rings. The lowest BCUT2D eigenvalue weighted by molar-refractivity contribution is -0.111. The van der Waals surface area contributed by atoms with Gasteiger partial charge in [0.15, 0.2) is 11.5 Å². The molecule has 2 aromatic rings. The second-order valence-corrected chi connectivity index (χ2v) is 5.19. The van der Waals surface area contributed by atoms with Crippen LogP contribution in [0.15, 0.2) is 36.5 Å². The van der Waals surface area contributed by atoms with E-state index in [-0.39, 0.29) is 12.7 Å². The molecule has 0 saturated carbocycles. The highest BCUT2D eigenvalue weighted by Crippen LogP contribution is 2.40. The van der Waals surface area contributed by atoms with E-state index in [1.807, 2.05) is 13.0 Å². The molecule has 0 atom stereocenters. The summed E-state index contributed by atoms with van der Waals surface area (Å²) in [6, 6.07) is 7.10. The summed E-state index contributed by atoms with van der Waals surface area (Å²) < 4.78 is 10.5. The molecule has 22 heavy (non-hydrogen) atoms. The second kappa shape index (κ2) is 6.07. The summed E-state index contributed by atoms with van der Waals surface area (Å²) >= 11 is 6.09. The molecule has 1 aromatic heterocycles. The van der Waals surface area contributed by atoms with E-state index in [1.54, 1.807) is 30.5 Å². The number of carbonyl (C=O) groups excluding carboxylic acids is 1. The van der Waals surface area contributed by atoms with E-state index < -0.39 is 0 Å². The summed E-state index contributed by atoms with van der Waals surface area (Å²) in [5.41, 5.74) is 1.78. The number of ether oxygens (including phenoxy) is 2. The Hall–Kier alpha value is -2.53. The van der Waals surface area contributed by atoms with Crippen LogP contribution in [0, 0.1) is 6.92 Å². The number of carbonyl (C=O) groups is 1. The number of hydrogen-bond acceptors (Lipinski definition) is 4. The highest BCUT2D eigenvalue weighted by molar-refractivity contribution is 6.32. The van der Waals surface area contributed by atoms with E-state index in [1.165, 1.54) is 6.08 Å². The van der Waals surface area contributed by atoms with Gasteiger partial charge < -0.3 is 14.8 Å². The molecule has 1 amide bonds. The van der Waals surface area contributed by atoms with Crippen molar-refractivity contribution in [2.24, 2.45) is 0 Å². The van der Waals surface area contributed by atoms with Gasteiger partial charge in [-0.3, -0.25) is 4.79 Å². The summed E-state index contributed by atoms with van der Waals surface area (Å²) in [5.74, 6) is 1.34. The van der Waals surface area contributed by atoms with Gasteiger partial charge in [-0.05, 0) is 42.3 Å². The number of aromatic nitrogens is 1. The highest BCUT2D eigenvalue weighted by atomic mass is 35.5. The largest absolute Gasteiger partial charge is 0.454 e. The van der Waals surface area contributed by atoms with Gasteiger partial charge in [0.1, 0.15) is 5.82 Å². The monoisotopic (exact) mass is 316 g/mol. The number of aryl methyl sites for hydroxylation is 1. The van der Waals surface area contributed by atoms with E-state index in [2.05, 4.69) is 10.3 Å². The maximum Gasteiger partial charge on any atom is 0.249 e. The standard InChI is InChI=1S/C16H13ClN2O3/c1-10-2-4-14(18-8-10)19-15(20)5-3-11-6-12(17)16-13(7-11)21-9-22-16/h2-8H,9H2,1H3,(H,18,19,20)/b5-3+. The second-order valence-electron chi connectivity index (χ2n) is 4.78. The molecule has 112 valence electrons. The van der Waals surface area contributed by atoms with Crippen molar-refractivity contribution in [3.8, 4) is 11.5 Å². The Morgan fingerprint density at radius 2 is 2.23 bits per heavy atom. The number of amides is 1. The summed E-state index contributed by atoms with van der Waals surface area (Å²) in [7, 11) is 0. The first-order valence-electron chi connectivity index (χ1n) is 6.63. The van der Waals surface area contributed by atoms with Crippen LogP contribution in [-0.4, -0.2) is 17.7 Å². The fourth-order valence-electron chi connectivity index (χ4n) is 1.97. The van der Waals surface area contributed by atoms with Crippen LogP contribution in [0.5, 0.6) is 11.5 Å². The molecule has 0 radical (unpaired) electrons. The zero-order valence-corrected chi connectivity index (χ0v) is 12.6. The first-order valence-corrected chi connectivity index (χ1v) is 7.00. The quantitative estimate of drug-likeness (QED) is 0.881. The summed E-state index contributed by atoms with van der Waals surface area (Å²) in [5, 5.41) is 3.13. The number of anilines is 1. The van der Waals surface area contributed by atoms with E-state index in [4.69, 9.17) is 21.1 Å².